The molecule has 1 amide bonds. The van der Waals surface area contributed by atoms with Gasteiger partial charge in [-0.05, 0) is 43.5 Å². The van der Waals surface area contributed by atoms with E-state index in [1.807, 2.05) is 6.92 Å². The second kappa shape index (κ2) is 5.34. The van der Waals surface area contributed by atoms with Crippen LogP contribution in [0.4, 0.5) is 18.9 Å². The van der Waals surface area contributed by atoms with Gasteiger partial charge < -0.3 is 10.2 Å². The zero-order valence-electron chi connectivity index (χ0n) is 11.4. The highest BCUT2D eigenvalue weighted by atomic mass is 19.4. The normalized spacial score (nSPS) is 15.1. The molecule has 0 aliphatic heterocycles. The number of alkyl halides is 3. The van der Waals surface area contributed by atoms with Gasteiger partial charge in [-0.15, -0.1) is 0 Å². The number of aryl methyl sites for hydroxylation is 1. The maximum Gasteiger partial charge on any atom is 0.406 e. The van der Waals surface area contributed by atoms with Crippen molar-refractivity contribution < 1.29 is 18.0 Å². The fourth-order valence-corrected chi connectivity index (χ4v) is 2.19. The number of hydrogen-bond donors (Lipinski definition) is 1. The first-order valence-electron chi connectivity index (χ1n) is 6.48. The van der Waals surface area contributed by atoms with Crippen LogP contribution in [0.15, 0.2) is 18.2 Å². The van der Waals surface area contributed by atoms with Crippen molar-refractivity contribution in [2.75, 3.05) is 18.9 Å². The molecule has 1 aromatic rings. The topological polar surface area (TPSA) is 32.3 Å². The molecular weight excluding hydrogens is 269 g/mol. The minimum Gasteiger partial charge on any atom is -0.388 e. The van der Waals surface area contributed by atoms with Gasteiger partial charge in [0.15, 0.2) is 0 Å². The van der Waals surface area contributed by atoms with Gasteiger partial charge in [0.2, 0.25) is 0 Å². The van der Waals surface area contributed by atoms with Gasteiger partial charge in [-0.3, -0.25) is 4.79 Å². The van der Waals surface area contributed by atoms with E-state index in [4.69, 9.17) is 0 Å². The Hall–Kier alpha value is -1.72. The van der Waals surface area contributed by atoms with Crippen LogP contribution in [0.3, 0.4) is 0 Å². The Labute approximate surface area is 115 Å². The van der Waals surface area contributed by atoms with E-state index in [0.29, 0.717) is 18.4 Å². The highest BCUT2D eigenvalue weighted by Gasteiger charge is 2.40. The van der Waals surface area contributed by atoms with E-state index >= 15 is 0 Å². The predicted molar refractivity (Wildman–Crippen MR) is 70.8 cm³/mol. The number of amides is 1. The van der Waals surface area contributed by atoms with E-state index in [-0.39, 0.29) is 6.04 Å². The van der Waals surface area contributed by atoms with Gasteiger partial charge in [-0.2, -0.15) is 13.2 Å². The fourth-order valence-electron chi connectivity index (χ4n) is 2.19. The van der Waals surface area contributed by atoms with Crippen molar-refractivity contribution in [1.82, 2.24) is 4.90 Å². The van der Waals surface area contributed by atoms with E-state index < -0.39 is 18.6 Å². The van der Waals surface area contributed by atoms with Crippen LogP contribution in [-0.2, 0) is 0 Å². The van der Waals surface area contributed by atoms with E-state index in [1.165, 1.54) is 0 Å². The van der Waals surface area contributed by atoms with Crippen LogP contribution in [0, 0.1) is 6.92 Å². The molecule has 1 aromatic carbocycles. The molecule has 6 heteroatoms. The molecule has 0 radical (unpaired) electrons. The van der Waals surface area contributed by atoms with Crippen LogP contribution >= 0.6 is 0 Å². The first-order valence-corrected chi connectivity index (χ1v) is 6.48. The SMILES string of the molecule is CNc1ccc(C(=O)N(CC(F)(F)F)C2CC2)cc1C. The van der Waals surface area contributed by atoms with Crippen molar-refractivity contribution in [3.63, 3.8) is 0 Å². The molecule has 0 bridgehead atoms. The molecular formula is C14H17F3N2O. The zero-order chi connectivity index (χ0) is 14.9. The Morgan fingerprint density at radius 3 is 2.50 bits per heavy atom. The third-order valence-corrected chi connectivity index (χ3v) is 3.34. The molecule has 3 nitrogen and oxygen atoms in total. The van der Waals surface area contributed by atoms with Gasteiger partial charge >= 0.3 is 6.18 Å². The van der Waals surface area contributed by atoms with Crippen molar-refractivity contribution in [2.45, 2.75) is 32.0 Å². The number of hydrogen-bond acceptors (Lipinski definition) is 2. The Kier molecular flexibility index (Phi) is 3.92. The molecule has 1 fully saturated rings. The van der Waals surface area contributed by atoms with Crippen molar-refractivity contribution in [2.24, 2.45) is 0 Å². The average molecular weight is 286 g/mol. The number of nitrogens with one attached hydrogen (secondary N) is 1. The van der Waals surface area contributed by atoms with Crippen LogP contribution in [0.25, 0.3) is 0 Å². The minimum atomic E-state index is -4.36. The maximum atomic E-state index is 12.6. The number of rotatable bonds is 4. The first kappa shape index (κ1) is 14.7. The Morgan fingerprint density at radius 2 is 2.05 bits per heavy atom. The maximum absolute atomic E-state index is 12.6. The lowest BCUT2D eigenvalue weighted by Crippen LogP contribution is -2.40. The zero-order valence-corrected chi connectivity index (χ0v) is 11.4. The number of anilines is 1. The molecule has 1 aliphatic rings. The Morgan fingerprint density at radius 1 is 1.40 bits per heavy atom. The van der Waals surface area contributed by atoms with Gasteiger partial charge in [0.1, 0.15) is 6.54 Å². The van der Waals surface area contributed by atoms with Crippen molar-refractivity contribution in [1.29, 1.82) is 0 Å². The largest absolute Gasteiger partial charge is 0.406 e. The van der Waals surface area contributed by atoms with Crippen LogP contribution in [-0.4, -0.2) is 36.6 Å². The number of benzene rings is 1. The van der Waals surface area contributed by atoms with Crippen molar-refractivity contribution in [3.05, 3.63) is 29.3 Å². The van der Waals surface area contributed by atoms with Gasteiger partial charge in [-0.25, -0.2) is 0 Å². The molecule has 0 aromatic heterocycles. The van der Waals surface area contributed by atoms with E-state index in [0.717, 1.165) is 16.2 Å². The summed E-state index contributed by atoms with van der Waals surface area (Å²) in [4.78, 5) is 13.2. The molecule has 1 saturated carbocycles. The fraction of sp³-hybridized carbons (Fsp3) is 0.500. The molecule has 110 valence electrons. The molecule has 1 aliphatic carbocycles. The lowest BCUT2D eigenvalue weighted by Gasteiger charge is -2.24. The minimum absolute atomic E-state index is 0.270. The quantitative estimate of drug-likeness (QED) is 0.922. The molecule has 0 spiro atoms. The Bertz CT molecular complexity index is 510. The Balaban J connectivity index is 2.21. The average Bonchev–Trinajstić information content (AvgIpc) is 3.18. The van der Waals surface area contributed by atoms with E-state index in [1.54, 1.807) is 25.2 Å². The summed E-state index contributed by atoms with van der Waals surface area (Å²) < 4.78 is 37.7. The summed E-state index contributed by atoms with van der Waals surface area (Å²) in [6, 6.07) is 4.63. The number of carbonyl (C=O) groups excluding carboxylic acids is 1. The summed E-state index contributed by atoms with van der Waals surface area (Å²) >= 11 is 0. The molecule has 0 atom stereocenters. The van der Waals surface area contributed by atoms with Crippen LogP contribution < -0.4 is 5.32 Å². The highest BCUT2D eigenvalue weighted by Crippen LogP contribution is 2.31. The van der Waals surface area contributed by atoms with Gasteiger partial charge in [-0.1, -0.05) is 0 Å². The van der Waals surface area contributed by atoms with Crippen LogP contribution in [0.5, 0.6) is 0 Å². The predicted octanol–water partition coefficient (Wildman–Crippen LogP) is 3.20. The summed E-state index contributed by atoms with van der Waals surface area (Å²) in [5, 5.41) is 2.96. The first-order chi connectivity index (χ1) is 9.31. The third-order valence-electron chi connectivity index (χ3n) is 3.34. The van der Waals surface area contributed by atoms with Crippen molar-refractivity contribution in [3.8, 4) is 0 Å². The highest BCUT2D eigenvalue weighted by molar-refractivity contribution is 5.95. The monoisotopic (exact) mass is 286 g/mol. The molecule has 2 rings (SSSR count). The molecule has 0 unspecified atom stereocenters. The summed E-state index contributed by atoms with van der Waals surface area (Å²) in [7, 11) is 1.75. The second-order valence-corrected chi connectivity index (χ2v) is 5.06. The molecule has 0 saturated heterocycles. The van der Waals surface area contributed by atoms with E-state index in [2.05, 4.69) is 5.32 Å². The lowest BCUT2D eigenvalue weighted by atomic mass is 10.1. The smallest absolute Gasteiger partial charge is 0.388 e. The number of nitrogens with zero attached hydrogens (tertiary/aromatic N) is 1. The van der Waals surface area contributed by atoms with Gasteiger partial charge in [0, 0.05) is 24.3 Å². The van der Waals surface area contributed by atoms with Crippen molar-refractivity contribution >= 4 is 11.6 Å². The van der Waals surface area contributed by atoms with Gasteiger partial charge in [0.25, 0.3) is 5.91 Å². The van der Waals surface area contributed by atoms with Gasteiger partial charge in [0.05, 0.1) is 0 Å². The van der Waals surface area contributed by atoms with E-state index in [9.17, 15) is 18.0 Å². The lowest BCUT2D eigenvalue weighted by molar-refractivity contribution is -0.141. The summed E-state index contributed by atoms with van der Waals surface area (Å²) in [6.45, 7) is 0.636. The standard InChI is InChI=1S/C14H17F3N2O/c1-9-7-10(3-6-12(9)18-2)13(20)19(11-4-5-11)8-14(15,16)17/h3,6-7,11,18H,4-5,8H2,1-2H3. The molecule has 0 heterocycles. The number of carbonyl (C=O) groups is 1. The second-order valence-electron chi connectivity index (χ2n) is 5.06. The number of halogens is 3. The summed E-state index contributed by atoms with van der Waals surface area (Å²) in [5.74, 6) is -0.546. The summed E-state index contributed by atoms with van der Waals surface area (Å²) in [6.07, 6.45) is -3.07. The van der Waals surface area contributed by atoms with Crippen LogP contribution in [0.2, 0.25) is 0 Å². The third kappa shape index (κ3) is 3.43. The molecule has 20 heavy (non-hydrogen) atoms. The van der Waals surface area contributed by atoms with Crippen LogP contribution in [0.1, 0.15) is 28.8 Å². The summed E-state index contributed by atoms with van der Waals surface area (Å²) in [5.41, 5.74) is 1.99. The molecule has 1 N–H and O–H groups in total.